The molecule has 6 amide bonds. The Kier molecular flexibility index (Phi) is 49.9. The highest BCUT2D eigenvalue weighted by molar-refractivity contribution is 7.88. The number of amides is 6. The second kappa shape index (κ2) is 54.5. The first-order valence-corrected chi connectivity index (χ1v) is 51.4. The fourth-order valence-electron chi connectivity index (χ4n) is 14.6. The Labute approximate surface area is 778 Å². The van der Waals surface area contributed by atoms with Crippen LogP contribution in [0.5, 0.6) is 0 Å². The van der Waals surface area contributed by atoms with Crippen LogP contribution in [0, 0.1) is 0 Å². The summed E-state index contributed by atoms with van der Waals surface area (Å²) in [7, 11) is 5.32. The van der Waals surface area contributed by atoms with Gasteiger partial charge < -0.3 is 34.3 Å². The van der Waals surface area contributed by atoms with Gasteiger partial charge in [0.1, 0.15) is 0 Å². The standard InChI is InChI=1S/C14H19N.C10H18N2O.C9H18N2O2S.C9H16N2O.C9H15NO.C8H16N2O2S.C8H15NO2S.C8H13NO.C8H15N.C7H13NO2S.C7H13N/c1-12-8-9-15(10-13(12)2)11-14-6-4-3-5-7-14;1-8-5-6-12(7-9(8)2)10(13)11(3)4;1-8-5-6-11(7-9(8)2)14(12,13)10(3)4;1-7-5-11(6-8(7)2)9(12)10(3)4;1-7-4-5-10(9(3)11)6-8(7)2;1-7-5-10(6-8(7)2)13(11,12)9(3)4;1-7-4-5-9(6-8(7)2)12(3,10)11;1-6-4-9(8(3)10)5-7(6)2;1-7-4-5-9(3)6-8(7)2;1-6-4-8(5-7(6)2)11(3,9)10;1-6-4-8(3)5-7(6)2/h3-7H,8-11H2,1-2H3;5-7H2,1-4H3;5-7H2,1-4H3;5-6H2,1-4H3;4-6H2,1-3H3;5-6H2,1-4H3;4-6H2,1-3H3;4-5H2,1-3H3;4-6H2,1-3H3;4-5H2,1-3H3;4-5H2,1-3H3. The molecule has 11 aliphatic rings. The predicted molar refractivity (Wildman–Crippen MR) is 534 cm³/mol. The van der Waals surface area contributed by atoms with Crippen molar-refractivity contribution in [3.63, 3.8) is 0 Å². The number of sulfonamides is 2. The van der Waals surface area contributed by atoms with E-state index in [0.717, 1.165) is 102 Å². The van der Waals surface area contributed by atoms with E-state index in [4.69, 9.17) is 0 Å². The minimum atomic E-state index is -3.22. The minimum Gasteiger partial charge on any atom is -0.339 e. The number of likely N-dealkylation sites (N-methyl/N-ethyl adjacent to an activating group) is 2. The van der Waals surface area contributed by atoms with Gasteiger partial charge in [-0.25, -0.2) is 26.4 Å². The maximum Gasteiger partial charge on any atom is 0.320 e. The molecule has 0 aliphatic carbocycles. The quantitative estimate of drug-likeness (QED) is 0.219. The average molecular weight is 1870 g/mol. The van der Waals surface area contributed by atoms with Gasteiger partial charge in [0, 0.05) is 221 Å². The Bertz CT molecular complexity index is 4730. The molecule has 0 saturated carbocycles. The number of carbonyl (C=O) groups excluding carboxylic acids is 4. The van der Waals surface area contributed by atoms with E-state index in [1.807, 2.05) is 61.1 Å². The molecule has 1 aromatic rings. The van der Waals surface area contributed by atoms with E-state index in [2.05, 4.69) is 170 Å². The van der Waals surface area contributed by atoms with Gasteiger partial charge in [-0.15, -0.1) is 0 Å². The highest BCUT2D eigenvalue weighted by atomic mass is 32.2. The van der Waals surface area contributed by atoms with Crippen molar-refractivity contribution in [2.75, 3.05) is 227 Å². The van der Waals surface area contributed by atoms with Gasteiger partial charge in [0.25, 0.3) is 20.4 Å². The van der Waals surface area contributed by atoms with Gasteiger partial charge >= 0.3 is 12.1 Å². The SMILES string of the molecule is CC(=O)N1CC(C)=C(C)C1.CC(=O)N1CCC(C)=C(C)C1.CC1=C(C)CN(C(=O)N(C)C)C1.CC1=C(C)CN(C(=O)N(C)C)CC1.CC1=C(C)CN(C)C1.CC1=C(C)CN(C)CC1.CC1=C(C)CN(Cc2ccccc2)CC1.CC1=C(C)CN(S(=O)(=O)N(C)C)C1.CC1=C(C)CN(S(=O)(=O)N(C)C)CC1.CC1=C(C)CN(S(C)(=O)=O)C1.CC1=C(C)CN(S(C)(=O)=O)CC1. The first-order chi connectivity index (χ1) is 58.9. The number of nitrogens with zero attached hydrogens (tertiary/aromatic N) is 15. The number of hydrogen-bond acceptors (Lipinski definition) is 15. The molecule has 0 radical (unpaired) electrons. The van der Waals surface area contributed by atoms with Crippen LogP contribution in [0.3, 0.4) is 0 Å². The van der Waals surface area contributed by atoms with Crippen molar-refractivity contribution in [2.45, 2.75) is 211 Å². The lowest BCUT2D eigenvalue weighted by Crippen LogP contribution is -2.43. The summed E-state index contributed by atoms with van der Waals surface area (Å²) < 4.78 is 99.7. The molecular formula is C97H171N15O12S4. The lowest BCUT2D eigenvalue weighted by molar-refractivity contribution is -0.129. The van der Waals surface area contributed by atoms with Crippen LogP contribution in [0.1, 0.15) is 210 Å². The predicted octanol–water partition coefficient (Wildman–Crippen LogP) is 14.8. The first kappa shape index (κ1) is 117. The molecule has 12 rings (SSSR count). The molecule has 0 saturated heterocycles. The van der Waals surface area contributed by atoms with E-state index in [-0.39, 0.29) is 23.9 Å². The van der Waals surface area contributed by atoms with Crippen LogP contribution in [0.4, 0.5) is 9.59 Å². The zero-order valence-corrected chi connectivity index (χ0v) is 89.4. The molecule has 730 valence electrons. The number of hydrogen-bond donors (Lipinski definition) is 0. The number of rotatable bonds is 8. The maximum absolute atomic E-state index is 11.8. The van der Waals surface area contributed by atoms with E-state index in [0.29, 0.717) is 52.4 Å². The highest BCUT2D eigenvalue weighted by Crippen LogP contribution is 2.27. The lowest BCUT2D eigenvalue weighted by atomic mass is 10.0. The van der Waals surface area contributed by atoms with Crippen LogP contribution in [-0.4, -0.2) is 354 Å². The molecule has 0 spiro atoms. The summed E-state index contributed by atoms with van der Waals surface area (Å²) in [6, 6.07) is 11.0. The highest BCUT2D eigenvalue weighted by Gasteiger charge is 2.32. The van der Waals surface area contributed by atoms with E-state index in [1.54, 1.807) is 113 Å². The van der Waals surface area contributed by atoms with Gasteiger partial charge in [0.05, 0.1) is 12.5 Å². The molecule has 11 aliphatic heterocycles. The third-order valence-electron chi connectivity index (χ3n) is 25.7. The van der Waals surface area contributed by atoms with Crippen molar-refractivity contribution in [3.05, 3.63) is 159 Å². The molecular weight excluding hydrogens is 1700 g/mol. The van der Waals surface area contributed by atoms with Crippen LogP contribution in [0.2, 0.25) is 0 Å². The Morgan fingerprint density at radius 3 is 0.844 bits per heavy atom. The molecule has 128 heavy (non-hydrogen) atoms. The van der Waals surface area contributed by atoms with Crippen LogP contribution >= 0.6 is 0 Å². The van der Waals surface area contributed by atoms with Crippen LogP contribution in [-0.2, 0) is 56.6 Å². The fourth-order valence-corrected chi connectivity index (χ4v) is 18.6. The molecule has 27 nitrogen and oxygen atoms in total. The molecule has 0 atom stereocenters. The van der Waals surface area contributed by atoms with Gasteiger partial charge in [-0.05, 0) is 211 Å². The summed E-state index contributed by atoms with van der Waals surface area (Å²) >= 11 is 0. The normalized spacial score (nSPS) is 19.9. The zero-order chi connectivity index (χ0) is 98.3. The van der Waals surface area contributed by atoms with Gasteiger partial charge in [-0.3, -0.25) is 19.4 Å². The summed E-state index contributed by atoms with van der Waals surface area (Å²) in [5.41, 5.74) is 31.4. The summed E-state index contributed by atoms with van der Waals surface area (Å²) in [4.78, 5) is 62.8. The average Bonchev–Trinajstić information content (AvgIpc) is 1.74. The summed E-state index contributed by atoms with van der Waals surface area (Å²) in [5.74, 6) is 0.369. The van der Waals surface area contributed by atoms with E-state index >= 15 is 0 Å². The van der Waals surface area contributed by atoms with Crippen LogP contribution in [0.25, 0.3) is 0 Å². The van der Waals surface area contributed by atoms with E-state index in [9.17, 15) is 52.8 Å². The van der Waals surface area contributed by atoms with Crippen LogP contribution in [0.15, 0.2) is 153 Å². The third kappa shape index (κ3) is 40.4. The molecule has 0 bridgehead atoms. The van der Waals surface area contributed by atoms with Crippen molar-refractivity contribution in [3.8, 4) is 0 Å². The summed E-state index contributed by atoms with van der Waals surface area (Å²) in [5, 5.41) is 0. The van der Waals surface area contributed by atoms with Crippen LogP contribution < -0.4 is 0 Å². The van der Waals surface area contributed by atoms with E-state index in [1.165, 1.54) is 167 Å². The second-order valence-corrected chi connectivity index (χ2v) is 46.3. The monoisotopic (exact) mass is 1870 g/mol. The molecule has 0 fully saturated rings. The number of carbonyl (C=O) groups is 4. The van der Waals surface area contributed by atoms with E-state index < -0.39 is 40.5 Å². The Hall–Kier alpha value is -6.72. The molecule has 0 N–H and O–H groups in total. The molecule has 1 aromatic carbocycles. The topological polar surface area (TPSA) is 253 Å². The Morgan fingerprint density at radius 1 is 0.273 bits per heavy atom. The molecule has 0 aromatic heterocycles. The lowest BCUT2D eigenvalue weighted by Gasteiger charge is -2.30. The van der Waals surface area contributed by atoms with Crippen molar-refractivity contribution in [1.82, 2.24) is 69.9 Å². The summed E-state index contributed by atoms with van der Waals surface area (Å²) in [6.45, 7) is 68.9. The molecule has 31 heteroatoms. The summed E-state index contributed by atoms with van der Waals surface area (Å²) in [6.07, 6.45) is 8.80. The van der Waals surface area contributed by atoms with Crippen molar-refractivity contribution < 1.29 is 52.8 Å². The van der Waals surface area contributed by atoms with Crippen molar-refractivity contribution in [1.29, 1.82) is 0 Å². The maximum atomic E-state index is 11.8. The smallest absolute Gasteiger partial charge is 0.320 e. The first-order valence-electron chi connectivity index (χ1n) is 44.9. The Morgan fingerprint density at radius 2 is 0.531 bits per heavy atom. The van der Waals surface area contributed by atoms with Crippen molar-refractivity contribution in [2.24, 2.45) is 0 Å². The third-order valence-corrected chi connectivity index (χ3v) is 31.8. The Balaban J connectivity index is 0.000000478. The van der Waals surface area contributed by atoms with Crippen molar-refractivity contribution >= 4 is 64.3 Å². The molecule has 11 heterocycles. The van der Waals surface area contributed by atoms with Gasteiger partial charge in [0.15, 0.2) is 0 Å². The molecule has 0 unspecified atom stereocenters. The van der Waals surface area contributed by atoms with Gasteiger partial charge in [-0.2, -0.15) is 42.7 Å². The number of benzene rings is 1. The number of urea groups is 2. The largest absolute Gasteiger partial charge is 0.339 e. The van der Waals surface area contributed by atoms with Gasteiger partial charge in [0.2, 0.25) is 31.9 Å². The fraction of sp³-hybridized carbons (Fsp3) is 0.670. The van der Waals surface area contributed by atoms with Gasteiger partial charge in [-0.1, -0.05) is 153 Å². The minimum absolute atomic E-state index is 0.103. The second-order valence-electron chi connectivity index (χ2n) is 38.0. The zero-order valence-electron chi connectivity index (χ0n) is 86.1.